The first kappa shape index (κ1) is 12.1. The van der Waals surface area contributed by atoms with Crippen molar-refractivity contribution in [1.82, 2.24) is 9.55 Å². The van der Waals surface area contributed by atoms with Gasteiger partial charge in [-0.15, -0.1) is 12.4 Å². The van der Waals surface area contributed by atoms with Gasteiger partial charge in [0.05, 0.1) is 0 Å². The third-order valence-corrected chi connectivity index (χ3v) is 3.16. The van der Waals surface area contributed by atoms with Crippen molar-refractivity contribution in [2.45, 2.75) is 25.4 Å². The summed E-state index contributed by atoms with van der Waals surface area (Å²) in [6.07, 6.45) is 4.09. The standard InChI is InChI=1S/C13H15N3.ClH/c14-11-6-7-12-8-15-13(16(12)9-11)10-4-2-1-3-5-10;/h1-5,8,11H,6-7,9,14H2;1H. The van der Waals surface area contributed by atoms with E-state index in [0.717, 1.165) is 25.2 Å². The summed E-state index contributed by atoms with van der Waals surface area (Å²) in [6, 6.07) is 10.6. The van der Waals surface area contributed by atoms with Gasteiger partial charge in [0.25, 0.3) is 0 Å². The molecule has 0 fully saturated rings. The van der Waals surface area contributed by atoms with Crippen LogP contribution in [0.25, 0.3) is 11.4 Å². The Hall–Kier alpha value is -1.32. The van der Waals surface area contributed by atoms with E-state index < -0.39 is 0 Å². The molecule has 0 saturated carbocycles. The molecule has 0 radical (unpaired) electrons. The monoisotopic (exact) mass is 249 g/mol. The van der Waals surface area contributed by atoms with Gasteiger partial charge < -0.3 is 10.3 Å². The molecule has 17 heavy (non-hydrogen) atoms. The number of hydrogen-bond donors (Lipinski definition) is 1. The second kappa shape index (κ2) is 4.90. The highest BCUT2D eigenvalue weighted by molar-refractivity contribution is 5.85. The Balaban J connectivity index is 0.00000108. The van der Waals surface area contributed by atoms with E-state index >= 15 is 0 Å². The Kier molecular flexibility index (Phi) is 3.50. The Morgan fingerprint density at radius 2 is 2.00 bits per heavy atom. The molecule has 0 spiro atoms. The van der Waals surface area contributed by atoms with Crippen LogP contribution in [0, 0.1) is 0 Å². The third kappa shape index (κ3) is 2.21. The minimum absolute atomic E-state index is 0. The molecule has 0 aliphatic carbocycles. The summed E-state index contributed by atoms with van der Waals surface area (Å²) >= 11 is 0. The molecule has 1 aliphatic rings. The highest BCUT2D eigenvalue weighted by Crippen LogP contribution is 2.23. The number of aromatic nitrogens is 2. The lowest BCUT2D eigenvalue weighted by Crippen LogP contribution is -2.31. The lowest BCUT2D eigenvalue weighted by molar-refractivity contribution is 0.463. The summed E-state index contributed by atoms with van der Waals surface area (Å²) < 4.78 is 2.25. The predicted molar refractivity (Wildman–Crippen MR) is 71.2 cm³/mol. The zero-order valence-electron chi connectivity index (χ0n) is 9.54. The van der Waals surface area contributed by atoms with Crippen molar-refractivity contribution < 1.29 is 0 Å². The van der Waals surface area contributed by atoms with Crippen molar-refractivity contribution in [1.29, 1.82) is 0 Å². The van der Waals surface area contributed by atoms with Crippen molar-refractivity contribution in [3.05, 3.63) is 42.2 Å². The van der Waals surface area contributed by atoms with Crippen molar-refractivity contribution in [3.63, 3.8) is 0 Å². The van der Waals surface area contributed by atoms with E-state index in [1.54, 1.807) is 0 Å². The zero-order chi connectivity index (χ0) is 11.0. The van der Waals surface area contributed by atoms with Crippen LogP contribution in [0.2, 0.25) is 0 Å². The van der Waals surface area contributed by atoms with Crippen molar-refractivity contribution >= 4 is 12.4 Å². The Morgan fingerprint density at radius 1 is 1.24 bits per heavy atom. The molecular formula is C13H16ClN3. The number of aryl methyl sites for hydroxylation is 1. The zero-order valence-corrected chi connectivity index (χ0v) is 10.4. The fraction of sp³-hybridized carbons (Fsp3) is 0.308. The molecule has 90 valence electrons. The maximum absolute atomic E-state index is 6.01. The molecular weight excluding hydrogens is 234 g/mol. The largest absolute Gasteiger partial charge is 0.327 e. The van der Waals surface area contributed by atoms with Crippen LogP contribution in [0.15, 0.2) is 36.5 Å². The van der Waals surface area contributed by atoms with Gasteiger partial charge in [-0.05, 0) is 12.8 Å². The highest BCUT2D eigenvalue weighted by Gasteiger charge is 2.19. The SMILES string of the molecule is Cl.NC1CCc2cnc(-c3ccccc3)n2C1. The van der Waals surface area contributed by atoms with Crippen molar-refractivity contribution in [2.24, 2.45) is 5.73 Å². The maximum Gasteiger partial charge on any atom is 0.140 e. The third-order valence-electron chi connectivity index (χ3n) is 3.16. The molecule has 4 heteroatoms. The smallest absolute Gasteiger partial charge is 0.140 e. The van der Waals surface area contributed by atoms with Crippen LogP contribution in [-0.4, -0.2) is 15.6 Å². The van der Waals surface area contributed by atoms with Gasteiger partial charge in [0, 0.05) is 30.0 Å². The van der Waals surface area contributed by atoms with E-state index in [1.807, 2.05) is 24.4 Å². The number of hydrogen-bond acceptors (Lipinski definition) is 2. The summed E-state index contributed by atoms with van der Waals surface area (Å²) in [5.41, 5.74) is 8.48. The van der Waals surface area contributed by atoms with Crippen LogP contribution in [0.3, 0.4) is 0 Å². The van der Waals surface area contributed by atoms with Gasteiger partial charge in [0.1, 0.15) is 5.82 Å². The molecule has 1 aromatic carbocycles. The van der Waals surface area contributed by atoms with Crippen LogP contribution in [0.4, 0.5) is 0 Å². The number of fused-ring (bicyclic) bond motifs is 1. The Morgan fingerprint density at radius 3 is 2.76 bits per heavy atom. The predicted octanol–water partition coefficient (Wildman–Crippen LogP) is 2.25. The van der Waals surface area contributed by atoms with Gasteiger partial charge in [-0.1, -0.05) is 30.3 Å². The first-order valence-corrected chi connectivity index (χ1v) is 5.70. The van der Waals surface area contributed by atoms with Crippen LogP contribution >= 0.6 is 12.4 Å². The van der Waals surface area contributed by atoms with Crippen molar-refractivity contribution in [2.75, 3.05) is 0 Å². The molecule has 1 aliphatic heterocycles. The molecule has 3 nitrogen and oxygen atoms in total. The van der Waals surface area contributed by atoms with Crippen LogP contribution in [0.5, 0.6) is 0 Å². The van der Waals surface area contributed by atoms with E-state index in [4.69, 9.17) is 5.73 Å². The van der Waals surface area contributed by atoms with Crippen LogP contribution < -0.4 is 5.73 Å². The van der Waals surface area contributed by atoms with Crippen LogP contribution in [0.1, 0.15) is 12.1 Å². The quantitative estimate of drug-likeness (QED) is 0.843. The fourth-order valence-corrected chi connectivity index (χ4v) is 2.29. The van der Waals surface area contributed by atoms with Gasteiger partial charge in [-0.3, -0.25) is 0 Å². The molecule has 2 N–H and O–H groups in total. The lowest BCUT2D eigenvalue weighted by atomic mass is 10.1. The number of halogens is 1. The summed E-state index contributed by atoms with van der Waals surface area (Å²) in [7, 11) is 0. The van der Waals surface area contributed by atoms with Gasteiger partial charge in [0.15, 0.2) is 0 Å². The topological polar surface area (TPSA) is 43.8 Å². The highest BCUT2D eigenvalue weighted by atomic mass is 35.5. The van der Waals surface area contributed by atoms with E-state index in [-0.39, 0.29) is 18.4 Å². The van der Waals surface area contributed by atoms with E-state index in [0.29, 0.717) is 0 Å². The Bertz CT molecular complexity index is 493. The first-order chi connectivity index (χ1) is 7.84. The second-order valence-corrected chi connectivity index (χ2v) is 4.35. The minimum Gasteiger partial charge on any atom is -0.327 e. The molecule has 1 atom stereocenters. The number of imidazole rings is 1. The number of nitrogens with zero attached hydrogens (tertiary/aromatic N) is 2. The van der Waals surface area contributed by atoms with E-state index in [1.165, 1.54) is 11.3 Å². The molecule has 0 bridgehead atoms. The molecule has 2 aromatic rings. The van der Waals surface area contributed by atoms with Gasteiger partial charge in [-0.2, -0.15) is 0 Å². The second-order valence-electron chi connectivity index (χ2n) is 4.35. The Labute approximate surface area is 107 Å². The maximum atomic E-state index is 6.01. The van der Waals surface area contributed by atoms with E-state index in [9.17, 15) is 0 Å². The molecule has 0 amide bonds. The summed E-state index contributed by atoms with van der Waals surface area (Å²) in [5.74, 6) is 1.05. The summed E-state index contributed by atoms with van der Waals surface area (Å²) in [6.45, 7) is 0.888. The normalized spacial score (nSPS) is 18.3. The van der Waals surface area contributed by atoms with Gasteiger partial charge in [0.2, 0.25) is 0 Å². The molecule has 0 saturated heterocycles. The summed E-state index contributed by atoms with van der Waals surface area (Å²) in [4.78, 5) is 4.51. The lowest BCUT2D eigenvalue weighted by Gasteiger charge is -2.22. The van der Waals surface area contributed by atoms with Crippen molar-refractivity contribution in [3.8, 4) is 11.4 Å². The fourth-order valence-electron chi connectivity index (χ4n) is 2.29. The summed E-state index contributed by atoms with van der Waals surface area (Å²) in [5, 5.41) is 0. The molecule has 2 heterocycles. The van der Waals surface area contributed by atoms with Gasteiger partial charge in [-0.25, -0.2) is 4.98 Å². The average molecular weight is 250 g/mol. The number of rotatable bonds is 1. The molecule has 3 rings (SSSR count). The van der Waals surface area contributed by atoms with Gasteiger partial charge >= 0.3 is 0 Å². The minimum atomic E-state index is 0. The average Bonchev–Trinajstić information content (AvgIpc) is 2.73. The number of benzene rings is 1. The number of nitrogens with two attached hydrogens (primary N) is 1. The van der Waals surface area contributed by atoms with E-state index in [2.05, 4.69) is 21.7 Å². The molecule has 1 unspecified atom stereocenters. The first-order valence-electron chi connectivity index (χ1n) is 5.70. The van der Waals surface area contributed by atoms with Crippen LogP contribution in [-0.2, 0) is 13.0 Å². The molecule has 1 aromatic heterocycles.